The van der Waals surface area contributed by atoms with Gasteiger partial charge in [-0.05, 0) is 31.0 Å². The molecule has 0 spiro atoms. The van der Waals surface area contributed by atoms with Crippen molar-refractivity contribution >= 4 is 11.6 Å². The predicted molar refractivity (Wildman–Crippen MR) is 69.3 cm³/mol. The number of nitrogens with two attached hydrogens (primary N) is 1. The Labute approximate surface area is 114 Å². The molecule has 1 fully saturated rings. The zero-order chi connectivity index (χ0) is 13.5. The van der Waals surface area contributed by atoms with E-state index in [0.29, 0.717) is 23.8 Å². The van der Waals surface area contributed by atoms with Crippen molar-refractivity contribution in [2.75, 3.05) is 6.54 Å². The maximum atomic E-state index is 13.0. The number of benzene rings is 1. The fourth-order valence-electron chi connectivity index (χ4n) is 2.33. The molecule has 1 saturated carbocycles. The van der Waals surface area contributed by atoms with Crippen LogP contribution in [0.1, 0.15) is 25.2 Å². The van der Waals surface area contributed by atoms with Gasteiger partial charge in [0.2, 0.25) is 11.7 Å². The molecule has 100 valence electrons. The van der Waals surface area contributed by atoms with Crippen molar-refractivity contribution in [3.63, 3.8) is 0 Å². The number of hydrogen-bond donors (Lipinski definition) is 1. The molecule has 2 N–H and O–H groups in total. The van der Waals surface area contributed by atoms with Gasteiger partial charge in [0.25, 0.3) is 0 Å². The number of rotatable bonds is 3. The van der Waals surface area contributed by atoms with E-state index in [2.05, 4.69) is 10.1 Å². The van der Waals surface area contributed by atoms with E-state index >= 15 is 0 Å². The van der Waals surface area contributed by atoms with Gasteiger partial charge in [0.15, 0.2) is 0 Å². The molecule has 1 aromatic heterocycles. The lowest BCUT2D eigenvalue weighted by Crippen LogP contribution is -2.41. The molecule has 19 heavy (non-hydrogen) atoms. The summed E-state index contributed by atoms with van der Waals surface area (Å²) in [5.41, 5.74) is 6.17. The van der Waals surface area contributed by atoms with E-state index < -0.39 is 5.82 Å². The van der Waals surface area contributed by atoms with Crippen LogP contribution in [0.3, 0.4) is 0 Å². The van der Waals surface area contributed by atoms with Crippen LogP contribution in [0.5, 0.6) is 0 Å². The highest BCUT2D eigenvalue weighted by atomic mass is 35.5. The van der Waals surface area contributed by atoms with Gasteiger partial charge in [-0.3, -0.25) is 0 Å². The molecule has 0 amide bonds. The zero-order valence-corrected chi connectivity index (χ0v) is 11.0. The Kier molecular flexibility index (Phi) is 3.03. The highest BCUT2D eigenvalue weighted by Crippen LogP contribution is 2.42. The summed E-state index contributed by atoms with van der Waals surface area (Å²) in [7, 11) is 0. The van der Waals surface area contributed by atoms with E-state index in [1.807, 2.05) is 0 Å². The topological polar surface area (TPSA) is 64.9 Å². The summed E-state index contributed by atoms with van der Waals surface area (Å²) >= 11 is 5.98. The van der Waals surface area contributed by atoms with Gasteiger partial charge >= 0.3 is 0 Å². The summed E-state index contributed by atoms with van der Waals surface area (Å²) in [4.78, 5) is 4.37. The van der Waals surface area contributed by atoms with Crippen molar-refractivity contribution in [2.45, 2.75) is 24.7 Å². The minimum Gasteiger partial charge on any atom is -0.338 e. The summed E-state index contributed by atoms with van der Waals surface area (Å²) in [5, 5.41) is 4.19. The molecule has 0 saturated heterocycles. The fraction of sp³-hybridized carbons (Fsp3) is 0.385. The molecule has 0 unspecified atom stereocenters. The van der Waals surface area contributed by atoms with Crippen LogP contribution in [0, 0.1) is 5.82 Å². The van der Waals surface area contributed by atoms with Crippen molar-refractivity contribution in [3.05, 3.63) is 34.9 Å². The zero-order valence-electron chi connectivity index (χ0n) is 10.2. The highest BCUT2D eigenvalue weighted by molar-refractivity contribution is 6.33. The van der Waals surface area contributed by atoms with E-state index in [9.17, 15) is 4.39 Å². The predicted octanol–water partition coefficient (Wildman–Crippen LogP) is 2.91. The smallest absolute Gasteiger partial charge is 0.234 e. The van der Waals surface area contributed by atoms with Crippen molar-refractivity contribution in [1.29, 1.82) is 0 Å². The first kappa shape index (κ1) is 12.6. The van der Waals surface area contributed by atoms with Crippen molar-refractivity contribution in [1.82, 2.24) is 10.1 Å². The van der Waals surface area contributed by atoms with Crippen LogP contribution < -0.4 is 5.73 Å². The molecule has 4 nitrogen and oxygen atoms in total. The first-order chi connectivity index (χ1) is 9.14. The second-order valence-electron chi connectivity index (χ2n) is 4.89. The summed E-state index contributed by atoms with van der Waals surface area (Å²) in [5.74, 6) is 0.534. The third-order valence-electron chi connectivity index (χ3n) is 3.75. The molecule has 1 aliphatic carbocycles. The first-order valence-electron chi connectivity index (χ1n) is 6.14. The lowest BCUT2D eigenvalue weighted by molar-refractivity contribution is 0.182. The van der Waals surface area contributed by atoms with Crippen molar-refractivity contribution in [2.24, 2.45) is 5.73 Å². The second-order valence-corrected chi connectivity index (χ2v) is 5.29. The van der Waals surface area contributed by atoms with Gasteiger partial charge in [-0.2, -0.15) is 4.98 Å². The SMILES string of the molecule is NCC1(c2nc(-c3ccc(F)cc3Cl)no2)CCC1. The Bertz CT molecular complexity index is 604. The molecule has 0 bridgehead atoms. The Balaban J connectivity index is 1.97. The molecule has 1 heterocycles. The highest BCUT2D eigenvalue weighted by Gasteiger charge is 2.42. The molecule has 6 heteroatoms. The molecule has 2 aromatic rings. The summed E-state index contributed by atoms with van der Waals surface area (Å²) in [6, 6.07) is 4.09. The standard InChI is InChI=1S/C13H13ClFN3O/c14-10-6-8(15)2-3-9(10)11-17-12(19-18-11)13(7-16)4-1-5-13/h2-3,6H,1,4-5,7,16H2. The largest absolute Gasteiger partial charge is 0.338 e. The fourth-order valence-corrected chi connectivity index (χ4v) is 2.58. The van der Waals surface area contributed by atoms with Crippen molar-refractivity contribution in [3.8, 4) is 11.4 Å². The molecule has 0 aliphatic heterocycles. The third-order valence-corrected chi connectivity index (χ3v) is 4.07. The van der Waals surface area contributed by atoms with Gasteiger partial charge in [0.1, 0.15) is 5.82 Å². The van der Waals surface area contributed by atoms with Gasteiger partial charge in [0, 0.05) is 12.1 Å². The van der Waals surface area contributed by atoms with Crippen LogP contribution in [-0.2, 0) is 5.41 Å². The Morgan fingerprint density at radius 2 is 2.21 bits per heavy atom. The van der Waals surface area contributed by atoms with Crippen molar-refractivity contribution < 1.29 is 8.91 Å². The second kappa shape index (κ2) is 4.58. The lowest BCUT2D eigenvalue weighted by Gasteiger charge is -2.36. The summed E-state index contributed by atoms with van der Waals surface area (Å²) in [6.07, 6.45) is 3.04. The minimum absolute atomic E-state index is 0.183. The van der Waals surface area contributed by atoms with E-state index in [-0.39, 0.29) is 10.4 Å². The monoisotopic (exact) mass is 281 g/mol. The molecule has 1 aromatic carbocycles. The molecule has 0 atom stereocenters. The maximum absolute atomic E-state index is 13.0. The molecular weight excluding hydrogens is 269 g/mol. The molecular formula is C13H13ClFN3O. The van der Waals surface area contributed by atoms with E-state index in [1.54, 1.807) is 6.07 Å². The quantitative estimate of drug-likeness (QED) is 0.939. The normalized spacial score (nSPS) is 17.2. The lowest BCUT2D eigenvalue weighted by atomic mass is 9.69. The molecule has 3 rings (SSSR count). The van der Waals surface area contributed by atoms with E-state index in [1.165, 1.54) is 12.1 Å². The number of hydrogen-bond acceptors (Lipinski definition) is 4. The van der Waals surface area contributed by atoms with Gasteiger partial charge in [-0.1, -0.05) is 23.2 Å². The molecule has 0 radical (unpaired) electrons. The third kappa shape index (κ3) is 2.03. The van der Waals surface area contributed by atoms with Gasteiger partial charge in [-0.15, -0.1) is 0 Å². The first-order valence-corrected chi connectivity index (χ1v) is 6.52. The van der Waals surface area contributed by atoms with Crippen LogP contribution in [0.4, 0.5) is 4.39 Å². The number of aromatic nitrogens is 2. The van der Waals surface area contributed by atoms with Crippen LogP contribution >= 0.6 is 11.6 Å². The van der Waals surface area contributed by atoms with Gasteiger partial charge in [-0.25, -0.2) is 4.39 Å². The Morgan fingerprint density at radius 1 is 1.42 bits per heavy atom. The Hall–Kier alpha value is -1.46. The Morgan fingerprint density at radius 3 is 2.79 bits per heavy atom. The van der Waals surface area contributed by atoms with Crippen LogP contribution in [0.25, 0.3) is 11.4 Å². The minimum atomic E-state index is -0.394. The number of nitrogens with zero attached hydrogens (tertiary/aromatic N) is 2. The van der Waals surface area contributed by atoms with E-state index in [4.69, 9.17) is 21.9 Å². The summed E-state index contributed by atoms with van der Waals surface area (Å²) in [6.45, 7) is 0.492. The number of halogens is 2. The van der Waals surface area contributed by atoms with Crippen LogP contribution in [-0.4, -0.2) is 16.7 Å². The molecule has 1 aliphatic rings. The average molecular weight is 282 g/mol. The van der Waals surface area contributed by atoms with Gasteiger partial charge in [0.05, 0.1) is 10.4 Å². The average Bonchev–Trinajstić information content (AvgIpc) is 2.78. The summed E-state index contributed by atoms with van der Waals surface area (Å²) < 4.78 is 18.3. The maximum Gasteiger partial charge on any atom is 0.234 e. The van der Waals surface area contributed by atoms with Gasteiger partial charge < -0.3 is 10.3 Å². The van der Waals surface area contributed by atoms with E-state index in [0.717, 1.165) is 19.3 Å². The van der Waals surface area contributed by atoms with Crippen LogP contribution in [0.15, 0.2) is 22.7 Å². The van der Waals surface area contributed by atoms with Crippen LogP contribution in [0.2, 0.25) is 5.02 Å².